The predicted octanol–water partition coefficient (Wildman–Crippen LogP) is 4.05. The van der Waals surface area contributed by atoms with E-state index < -0.39 is 28.4 Å². The van der Waals surface area contributed by atoms with Gasteiger partial charge in [-0.05, 0) is 61.5 Å². The second kappa shape index (κ2) is 10.7. The zero-order valence-electron chi connectivity index (χ0n) is 18.0. The van der Waals surface area contributed by atoms with E-state index >= 15 is 0 Å². The van der Waals surface area contributed by atoms with E-state index in [4.69, 9.17) is 14.2 Å². The highest BCUT2D eigenvalue weighted by Gasteiger charge is 2.21. The first-order valence-corrected chi connectivity index (χ1v) is 11.4. The number of ether oxygens (including phenoxy) is 3. The van der Waals surface area contributed by atoms with Gasteiger partial charge in [-0.15, -0.1) is 0 Å². The normalized spacial score (nSPS) is 10.9. The van der Waals surface area contributed by atoms with Crippen LogP contribution < -0.4 is 24.2 Å². The highest BCUT2D eigenvalue weighted by Crippen LogP contribution is 2.29. The van der Waals surface area contributed by atoms with Crippen molar-refractivity contribution >= 4 is 27.3 Å². The number of hydrogen-bond acceptors (Lipinski definition) is 6. The minimum atomic E-state index is -4.05. The van der Waals surface area contributed by atoms with E-state index in [-0.39, 0.29) is 22.1 Å². The second-order valence-corrected chi connectivity index (χ2v) is 8.35. The maximum absolute atomic E-state index is 13.6. The molecule has 0 aliphatic heterocycles. The van der Waals surface area contributed by atoms with Gasteiger partial charge in [0.1, 0.15) is 16.4 Å². The Balaban J connectivity index is 1.74. The minimum absolute atomic E-state index is 0.0646. The van der Waals surface area contributed by atoms with Gasteiger partial charge in [0.2, 0.25) is 0 Å². The molecule has 0 heterocycles. The van der Waals surface area contributed by atoms with Crippen LogP contribution in [0.4, 0.5) is 15.8 Å². The Hall–Kier alpha value is -3.79. The number of benzene rings is 3. The molecule has 0 unspecified atom stereocenters. The van der Waals surface area contributed by atoms with Crippen LogP contribution in [0.1, 0.15) is 6.92 Å². The number of sulfonamides is 1. The lowest BCUT2D eigenvalue weighted by Crippen LogP contribution is -2.21. The fourth-order valence-electron chi connectivity index (χ4n) is 2.86. The van der Waals surface area contributed by atoms with Crippen LogP contribution >= 0.6 is 0 Å². The number of carbonyl (C=O) groups is 1. The van der Waals surface area contributed by atoms with Crippen molar-refractivity contribution in [1.29, 1.82) is 0 Å². The minimum Gasteiger partial charge on any atom is -0.495 e. The molecule has 3 aromatic rings. The zero-order valence-corrected chi connectivity index (χ0v) is 18.8. The molecule has 3 rings (SSSR count). The molecular formula is C23H23FN2O6S. The number of para-hydroxylation sites is 1. The van der Waals surface area contributed by atoms with Crippen LogP contribution in [0.15, 0.2) is 71.6 Å². The first kappa shape index (κ1) is 23.9. The number of anilines is 2. The van der Waals surface area contributed by atoms with E-state index in [1.165, 1.54) is 43.5 Å². The average Bonchev–Trinajstić information content (AvgIpc) is 2.80. The summed E-state index contributed by atoms with van der Waals surface area (Å²) in [6.07, 6.45) is 0. The van der Waals surface area contributed by atoms with E-state index in [1.54, 1.807) is 30.3 Å². The quantitative estimate of drug-likeness (QED) is 0.460. The standard InChI is InChI=1S/C23H23FN2O6S/c1-3-31-18-11-8-16(9-12-18)26-33(28,29)22-14-17(10-13-21(22)30-2)25-23(27)15-32-20-7-5-4-6-19(20)24/h4-14,26H,3,15H2,1-2H3,(H,25,27). The van der Waals surface area contributed by atoms with Gasteiger partial charge in [-0.3, -0.25) is 9.52 Å². The summed E-state index contributed by atoms with van der Waals surface area (Å²) in [7, 11) is -2.71. The van der Waals surface area contributed by atoms with Crippen molar-refractivity contribution in [2.75, 3.05) is 30.4 Å². The molecule has 1 amide bonds. The largest absolute Gasteiger partial charge is 0.495 e. The highest BCUT2D eigenvalue weighted by molar-refractivity contribution is 7.92. The van der Waals surface area contributed by atoms with Crippen LogP contribution in [0.25, 0.3) is 0 Å². The van der Waals surface area contributed by atoms with E-state index in [0.717, 1.165) is 0 Å². The molecule has 0 aromatic heterocycles. The third-order valence-corrected chi connectivity index (χ3v) is 5.75. The molecule has 0 aliphatic rings. The van der Waals surface area contributed by atoms with E-state index in [2.05, 4.69) is 10.0 Å². The van der Waals surface area contributed by atoms with Crippen LogP contribution in [-0.2, 0) is 14.8 Å². The van der Waals surface area contributed by atoms with E-state index in [1.807, 2.05) is 6.92 Å². The van der Waals surface area contributed by atoms with Crippen LogP contribution in [0.2, 0.25) is 0 Å². The Morgan fingerprint density at radius 2 is 1.64 bits per heavy atom. The van der Waals surface area contributed by atoms with Gasteiger partial charge in [-0.1, -0.05) is 12.1 Å². The molecule has 8 nitrogen and oxygen atoms in total. The molecule has 0 atom stereocenters. The van der Waals surface area contributed by atoms with Gasteiger partial charge in [-0.2, -0.15) is 0 Å². The van der Waals surface area contributed by atoms with E-state index in [9.17, 15) is 17.6 Å². The maximum Gasteiger partial charge on any atom is 0.265 e. The summed E-state index contributed by atoms with van der Waals surface area (Å²) in [6, 6.07) is 16.3. The Kier molecular flexibility index (Phi) is 7.73. The van der Waals surface area contributed by atoms with Crippen molar-refractivity contribution < 1.29 is 31.8 Å². The van der Waals surface area contributed by atoms with Crippen LogP contribution in [0.3, 0.4) is 0 Å². The molecule has 33 heavy (non-hydrogen) atoms. The van der Waals surface area contributed by atoms with Crippen molar-refractivity contribution in [3.8, 4) is 17.2 Å². The van der Waals surface area contributed by atoms with Gasteiger partial charge in [0, 0.05) is 11.4 Å². The lowest BCUT2D eigenvalue weighted by Gasteiger charge is -2.14. The number of halogens is 1. The monoisotopic (exact) mass is 474 g/mol. The van der Waals surface area contributed by atoms with Crippen molar-refractivity contribution in [1.82, 2.24) is 0 Å². The summed E-state index contributed by atoms with van der Waals surface area (Å²) in [6.45, 7) is 1.88. The predicted molar refractivity (Wildman–Crippen MR) is 122 cm³/mol. The van der Waals surface area contributed by atoms with Crippen LogP contribution in [0.5, 0.6) is 17.2 Å². The molecule has 0 spiro atoms. The Morgan fingerprint density at radius 3 is 2.30 bits per heavy atom. The third-order valence-electron chi connectivity index (χ3n) is 4.35. The second-order valence-electron chi connectivity index (χ2n) is 6.70. The molecule has 0 saturated carbocycles. The Morgan fingerprint density at radius 1 is 0.939 bits per heavy atom. The topological polar surface area (TPSA) is 103 Å². The van der Waals surface area contributed by atoms with Gasteiger partial charge >= 0.3 is 0 Å². The fourth-order valence-corrected chi connectivity index (χ4v) is 4.12. The Bertz CT molecular complexity index is 1220. The number of methoxy groups -OCH3 is 1. The van der Waals surface area contributed by atoms with Gasteiger partial charge in [0.25, 0.3) is 15.9 Å². The number of amides is 1. The zero-order chi connectivity index (χ0) is 23.8. The first-order chi connectivity index (χ1) is 15.8. The molecule has 0 saturated heterocycles. The van der Waals surface area contributed by atoms with E-state index in [0.29, 0.717) is 18.0 Å². The smallest absolute Gasteiger partial charge is 0.265 e. The average molecular weight is 475 g/mol. The third kappa shape index (κ3) is 6.36. The summed E-state index contributed by atoms with van der Waals surface area (Å²) < 4.78 is 57.7. The summed E-state index contributed by atoms with van der Waals surface area (Å²) in [4.78, 5) is 12.0. The van der Waals surface area contributed by atoms with Crippen molar-refractivity contribution in [3.05, 3.63) is 72.5 Å². The molecule has 174 valence electrons. The summed E-state index contributed by atoms with van der Waals surface area (Å²) in [5.74, 6) is -0.547. The first-order valence-electron chi connectivity index (χ1n) is 9.93. The van der Waals surface area contributed by atoms with Gasteiger partial charge in [0.05, 0.1) is 13.7 Å². The maximum atomic E-state index is 13.6. The molecule has 0 fully saturated rings. The van der Waals surface area contributed by atoms with Gasteiger partial charge in [-0.25, -0.2) is 12.8 Å². The highest BCUT2D eigenvalue weighted by atomic mass is 32.2. The molecule has 0 radical (unpaired) electrons. The molecular weight excluding hydrogens is 451 g/mol. The number of nitrogens with one attached hydrogen (secondary N) is 2. The van der Waals surface area contributed by atoms with Gasteiger partial charge in [0.15, 0.2) is 18.2 Å². The SMILES string of the molecule is CCOc1ccc(NS(=O)(=O)c2cc(NC(=O)COc3ccccc3F)ccc2OC)cc1. The Labute approximate surface area is 191 Å². The van der Waals surface area contributed by atoms with Crippen LogP contribution in [-0.4, -0.2) is 34.6 Å². The fraction of sp³-hybridized carbons (Fsp3) is 0.174. The summed E-state index contributed by atoms with van der Waals surface area (Å²) in [5.41, 5.74) is 0.526. The number of rotatable bonds is 10. The summed E-state index contributed by atoms with van der Waals surface area (Å²) >= 11 is 0. The molecule has 0 aliphatic carbocycles. The molecule has 3 aromatic carbocycles. The van der Waals surface area contributed by atoms with Gasteiger partial charge < -0.3 is 19.5 Å². The van der Waals surface area contributed by atoms with Crippen molar-refractivity contribution in [2.24, 2.45) is 0 Å². The number of carbonyl (C=O) groups excluding carboxylic acids is 1. The molecule has 2 N–H and O–H groups in total. The molecule has 0 bridgehead atoms. The van der Waals surface area contributed by atoms with Crippen LogP contribution in [0, 0.1) is 5.82 Å². The lowest BCUT2D eigenvalue weighted by molar-refractivity contribution is -0.118. The van der Waals surface area contributed by atoms with Crippen molar-refractivity contribution in [2.45, 2.75) is 11.8 Å². The summed E-state index contributed by atoms with van der Waals surface area (Å²) in [5, 5.41) is 2.53. The number of hydrogen-bond donors (Lipinski definition) is 2. The molecule has 10 heteroatoms. The van der Waals surface area contributed by atoms with Crippen molar-refractivity contribution in [3.63, 3.8) is 0 Å². The lowest BCUT2D eigenvalue weighted by atomic mass is 10.3.